The van der Waals surface area contributed by atoms with Crippen molar-refractivity contribution in [3.05, 3.63) is 54.8 Å². The van der Waals surface area contributed by atoms with Crippen molar-refractivity contribution in [1.82, 2.24) is 0 Å². The Hall–Kier alpha value is -1.50. The van der Waals surface area contributed by atoms with E-state index in [2.05, 4.69) is 37.5 Å². The summed E-state index contributed by atoms with van der Waals surface area (Å²) < 4.78 is 0. The smallest absolute Gasteiger partial charge is 0.0384 e. The minimum atomic E-state index is 0.818. The molecule has 1 aromatic carbocycles. The molecule has 12 heavy (non-hydrogen) atoms. The molecule has 1 heteroatoms. The van der Waals surface area contributed by atoms with E-state index in [1.807, 2.05) is 12.1 Å². The SMILES string of the molecule is C=CC(=C)Nc1ccc(C)cc1. The van der Waals surface area contributed by atoms with Gasteiger partial charge in [0.15, 0.2) is 0 Å². The quantitative estimate of drug-likeness (QED) is 0.668. The summed E-state index contributed by atoms with van der Waals surface area (Å²) in [5, 5.41) is 3.11. The van der Waals surface area contributed by atoms with Crippen molar-refractivity contribution in [2.24, 2.45) is 0 Å². The molecule has 1 N–H and O–H groups in total. The van der Waals surface area contributed by atoms with E-state index in [9.17, 15) is 0 Å². The van der Waals surface area contributed by atoms with Crippen LogP contribution in [0.2, 0.25) is 0 Å². The summed E-state index contributed by atoms with van der Waals surface area (Å²) in [6, 6.07) is 8.14. The van der Waals surface area contributed by atoms with Crippen molar-refractivity contribution in [1.29, 1.82) is 0 Å². The maximum atomic E-state index is 3.76. The lowest BCUT2D eigenvalue weighted by Gasteiger charge is -2.04. The van der Waals surface area contributed by atoms with Crippen LogP contribution in [0.5, 0.6) is 0 Å². The van der Waals surface area contributed by atoms with Gasteiger partial charge in [0.1, 0.15) is 0 Å². The van der Waals surface area contributed by atoms with Gasteiger partial charge in [-0.2, -0.15) is 0 Å². The highest BCUT2D eigenvalue weighted by Gasteiger charge is 1.90. The monoisotopic (exact) mass is 159 g/mol. The van der Waals surface area contributed by atoms with Crippen LogP contribution >= 0.6 is 0 Å². The molecule has 0 radical (unpaired) electrons. The number of rotatable bonds is 3. The largest absolute Gasteiger partial charge is 0.356 e. The molecule has 0 aliphatic heterocycles. The molecule has 0 spiro atoms. The Labute approximate surface area is 73.4 Å². The van der Waals surface area contributed by atoms with E-state index in [-0.39, 0.29) is 0 Å². The number of anilines is 1. The van der Waals surface area contributed by atoms with E-state index < -0.39 is 0 Å². The first-order valence-corrected chi connectivity index (χ1v) is 3.87. The highest BCUT2D eigenvalue weighted by molar-refractivity contribution is 5.50. The van der Waals surface area contributed by atoms with Crippen molar-refractivity contribution in [2.75, 3.05) is 5.32 Å². The molecule has 0 amide bonds. The summed E-state index contributed by atoms with van der Waals surface area (Å²) in [7, 11) is 0. The molecule has 1 aromatic rings. The van der Waals surface area contributed by atoms with Crippen LogP contribution in [0.15, 0.2) is 49.2 Å². The van der Waals surface area contributed by atoms with Gasteiger partial charge in [-0.3, -0.25) is 0 Å². The minimum Gasteiger partial charge on any atom is -0.356 e. The molecule has 1 rings (SSSR count). The fraction of sp³-hybridized carbons (Fsp3) is 0.0909. The maximum Gasteiger partial charge on any atom is 0.0384 e. The van der Waals surface area contributed by atoms with Gasteiger partial charge in [-0.15, -0.1) is 0 Å². The summed E-state index contributed by atoms with van der Waals surface area (Å²) in [5.74, 6) is 0. The molecule has 0 atom stereocenters. The fourth-order valence-electron chi connectivity index (χ4n) is 0.873. The number of nitrogens with one attached hydrogen (secondary N) is 1. The minimum absolute atomic E-state index is 0.818. The second kappa shape index (κ2) is 3.77. The first kappa shape index (κ1) is 8.60. The van der Waals surface area contributed by atoms with Crippen LogP contribution in [-0.2, 0) is 0 Å². The van der Waals surface area contributed by atoms with Crippen LogP contribution < -0.4 is 5.32 Å². The van der Waals surface area contributed by atoms with Gasteiger partial charge in [-0.05, 0) is 25.1 Å². The van der Waals surface area contributed by atoms with E-state index in [1.54, 1.807) is 6.08 Å². The molecule has 0 unspecified atom stereocenters. The molecule has 0 fully saturated rings. The van der Waals surface area contributed by atoms with Crippen molar-refractivity contribution in [2.45, 2.75) is 6.92 Å². The molecule has 0 aromatic heterocycles. The molecule has 0 aliphatic carbocycles. The van der Waals surface area contributed by atoms with Crippen LogP contribution in [0.1, 0.15) is 5.56 Å². The highest BCUT2D eigenvalue weighted by Crippen LogP contribution is 2.10. The molecular weight excluding hydrogens is 146 g/mol. The maximum absolute atomic E-state index is 3.76. The third-order valence-electron chi connectivity index (χ3n) is 1.60. The molecule has 0 bridgehead atoms. The van der Waals surface area contributed by atoms with Crippen LogP contribution in [-0.4, -0.2) is 0 Å². The lowest BCUT2D eigenvalue weighted by Crippen LogP contribution is -1.93. The van der Waals surface area contributed by atoms with Crippen molar-refractivity contribution < 1.29 is 0 Å². The Balaban J connectivity index is 2.71. The lowest BCUT2D eigenvalue weighted by atomic mass is 10.2. The molecule has 0 heterocycles. The Morgan fingerprint density at radius 1 is 1.33 bits per heavy atom. The number of allylic oxidation sites excluding steroid dienone is 1. The molecule has 0 aliphatic rings. The van der Waals surface area contributed by atoms with Crippen LogP contribution in [0.25, 0.3) is 0 Å². The van der Waals surface area contributed by atoms with E-state index >= 15 is 0 Å². The Morgan fingerprint density at radius 2 is 1.92 bits per heavy atom. The predicted octanol–water partition coefficient (Wildman–Crippen LogP) is 3.11. The zero-order valence-corrected chi connectivity index (χ0v) is 7.30. The number of hydrogen-bond donors (Lipinski definition) is 1. The Bertz CT molecular complexity index is 282. The van der Waals surface area contributed by atoms with Gasteiger partial charge in [0, 0.05) is 11.4 Å². The van der Waals surface area contributed by atoms with Crippen LogP contribution in [0.3, 0.4) is 0 Å². The highest BCUT2D eigenvalue weighted by atomic mass is 14.9. The first-order valence-electron chi connectivity index (χ1n) is 3.87. The molecule has 0 saturated heterocycles. The van der Waals surface area contributed by atoms with Crippen LogP contribution in [0.4, 0.5) is 5.69 Å². The summed E-state index contributed by atoms with van der Waals surface area (Å²) in [5.41, 5.74) is 3.12. The Morgan fingerprint density at radius 3 is 2.42 bits per heavy atom. The van der Waals surface area contributed by atoms with Gasteiger partial charge in [0.05, 0.1) is 0 Å². The zero-order chi connectivity index (χ0) is 8.97. The van der Waals surface area contributed by atoms with Crippen molar-refractivity contribution >= 4 is 5.69 Å². The van der Waals surface area contributed by atoms with Gasteiger partial charge >= 0.3 is 0 Å². The van der Waals surface area contributed by atoms with E-state index in [1.165, 1.54) is 5.56 Å². The topological polar surface area (TPSA) is 12.0 Å². The van der Waals surface area contributed by atoms with Crippen molar-refractivity contribution in [3.63, 3.8) is 0 Å². The van der Waals surface area contributed by atoms with Gasteiger partial charge in [-0.25, -0.2) is 0 Å². The number of hydrogen-bond acceptors (Lipinski definition) is 1. The van der Waals surface area contributed by atoms with Gasteiger partial charge < -0.3 is 5.32 Å². The van der Waals surface area contributed by atoms with Gasteiger partial charge in [0.25, 0.3) is 0 Å². The van der Waals surface area contributed by atoms with Gasteiger partial charge in [-0.1, -0.05) is 30.9 Å². The van der Waals surface area contributed by atoms with Crippen LogP contribution in [0, 0.1) is 6.92 Å². The third kappa shape index (κ3) is 2.27. The molecule has 1 nitrogen and oxygen atoms in total. The fourth-order valence-corrected chi connectivity index (χ4v) is 0.873. The second-order valence-electron chi connectivity index (χ2n) is 2.72. The molecule has 62 valence electrons. The standard InChI is InChI=1S/C11H13N/c1-4-10(3)12-11-7-5-9(2)6-8-11/h4-8,12H,1,3H2,2H3. The second-order valence-corrected chi connectivity index (χ2v) is 2.72. The van der Waals surface area contributed by atoms with Crippen molar-refractivity contribution in [3.8, 4) is 0 Å². The first-order chi connectivity index (χ1) is 5.72. The molecular formula is C11H13N. The average molecular weight is 159 g/mol. The summed E-state index contributed by atoms with van der Waals surface area (Å²) in [6.45, 7) is 9.44. The lowest BCUT2D eigenvalue weighted by molar-refractivity contribution is 1.44. The number of benzene rings is 1. The number of aryl methyl sites for hydroxylation is 1. The van der Waals surface area contributed by atoms with E-state index in [0.29, 0.717) is 0 Å². The summed E-state index contributed by atoms with van der Waals surface area (Å²) >= 11 is 0. The summed E-state index contributed by atoms with van der Waals surface area (Å²) in [6.07, 6.45) is 1.69. The third-order valence-corrected chi connectivity index (χ3v) is 1.60. The average Bonchev–Trinajstić information content (AvgIpc) is 2.09. The van der Waals surface area contributed by atoms with E-state index in [0.717, 1.165) is 11.4 Å². The normalized spacial score (nSPS) is 9.08. The summed E-state index contributed by atoms with van der Waals surface area (Å²) in [4.78, 5) is 0. The molecule has 0 saturated carbocycles. The zero-order valence-electron chi connectivity index (χ0n) is 7.30. The van der Waals surface area contributed by atoms with Gasteiger partial charge in [0.2, 0.25) is 0 Å². The Kier molecular flexibility index (Phi) is 2.70. The predicted molar refractivity (Wildman–Crippen MR) is 54.1 cm³/mol. The van der Waals surface area contributed by atoms with E-state index in [4.69, 9.17) is 0 Å².